The van der Waals surface area contributed by atoms with Gasteiger partial charge in [0.1, 0.15) is 5.75 Å². The molecule has 0 saturated carbocycles. The number of hydrogen-bond donors (Lipinski definition) is 1. The highest BCUT2D eigenvalue weighted by molar-refractivity contribution is 9.10. The summed E-state index contributed by atoms with van der Waals surface area (Å²) in [6.45, 7) is 3.63. The molecule has 0 aliphatic carbocycles. The molecular weight excluding hydrogens is 294 g/mol. The van der Waals surface area contributed by atoms with Gasteiger partial charge in [0.2, 0.25) is 0 Å². The van der Waals surface area contributed by atoms with Gasteiger partial charge in [-0.25, -0.2) is 0 Å². The number of benzene rings is 1. The van der Waals surface area contributed by atoms with E-state index < -0.39 is 0 Å². The first kappa shape index (κ1) is 13.8. The predicted molar refractivity (Wildman–Crippen MR) is 76.1 cm³/mol. The molecule has 1 aliphatic rings. The summed E-state index contributed by atoms with van der Waals surface area (Å²) in [5.41, 5.74) is 7.31. The molecule has 0 radical (unpaired) electrons. The Labute approximate surface area is 117 Å². The highest BCUT2D eigenvalue weighted by Crippen LogP contribution is 2.39. The van der Waals surface area contributed by atoms with E-state index in [-0.39, 0.29) is 11.5 Å². The van der Waals surface area contributed by atoms with Gasteiger partial charge in [0.25, 0.3) is 0 Å². The Morgan fingerprint density at radius 1 is 1.50 bits per heavy atom. The molecule has 1 saturated heterocycles. The summed E-state index contributed by atoms with van der Waals surface area (Å²) in [4.78, 5) is 0. The molecule has 100 valence electrons. The van der Waals surface area contributed by atoms with E-state index in [4.69, 9.17) is 15.2 Å². The monoisotopic (exact) mass is 313 g/mol. The molecule has 0 aromatic heterocycles. The zero-order chi connectivity index (χ0) is 13.2. The fourth-order valence-electron chi connectivity index (χ4n) is 2.30. The topological polar surface area (TPSA) is 44.5 Å². The molecule has 2 N–H and O–H groups in total. The highest BCUT2D eigenvalue weighted by atomic mass is 79.9. The molecule has 1 aromatic carbocycles. The van der Waals surface area contributed by atoms with Crippen LogP contribution in [0.2, 0.25) is 0 Å². The van der Waals surface area contributed by atoms with Gasteiger partial charge >= 0.3 is 0 Å². The number of rotatable bonds is 5. The van der Waals surface area contributed by atoms with Crippen LogP contribution in [0.15, 0.2) is 22.7 Å². The van der Waals surface area contributed by atoms with Gasteiger partial charge in [-0.15, -0.1) is 0 Å². The van der Waals surface area contributed by atoms with Crippen LogP contribution in [-0.4, -0.2) is 26.4 Å². The van der Waals surface area contributed by atoms with Gasteiger partial charge in [-0.05, 0) is 53.4 Å². The van der Waals surface area contributed by atoms with Crippen molar-refractivity contribution in [3.63, 3.8) is 0 Å². The Morgan fingerprint density at radius 2 is 2.22 bits per heavy atom. The Kier molecular flexibility index (Phi) is 4.30. The van der Waals surface area contributed by atoms with Crippen molar-refractivity contribution >= 4 is 15.9 Å². The first-order chi connectivity index (χ1) is 8.57. The molecule has 2 rings (SSSR count). The van der Waals surface area contributed by atoms with Gasteiger partial charge < -0.3 is 15.2 Å². The van der Waals surface area contributed by atoms with E-state index in [0.717, 1.165) is 36.3 Å². The number of ether oxygens (including phenoxy) is 2. The van der Waals surface area contributed by atoms with E-state index in [1.54, 1.807) is 7.11 Å². The Balaban J connectivity index is 2.19. The van der Waals surface area contributed by atoms with Crippen molar-refractivity contribution in [2.24, 2.45) is 5.73 Å². The van der Waals surface area contributed by atoms with Crippen LogP contribution in [0.1, 0.15) is 25.3 Å². The molecular formula is C14H20BrNO2. The Hall–Kier alpha value is -0.580. The third kappa shape index (κ3) is 2.71. The summed E-state index contributed by atoms with van der Waals surface area (Å²) in [7, 11) is 1.68. The predicted octanol–water partition coefficient (Wildman–Crippen LogP) is 2.85. The molecule has 1 atom stereocenters. The molecule has 0 amide bonds. The summed E-state index contributed by atoms with van der Waals surface area (Å²) in [6, 6.07) is 6.52. The standard InChI is InChI=1S/C14H20BrNO2/c1-10(16)5-6-14(8-18-9-14)11-3-4-13(17-2)12(15)7-11/h3-4,7,10H,5-6,8-9,16H2,1-2H3. The fraction of sp³-hybridized carbons (Fsp3) is 0.571. The minimum Gasteiger partial charge on any atom is -0.496 e. The van der Waals surface area contributed by atoms with Gasteiger partial charge in [-0.1, -0.05) is 6.07 Å². The van der Waals surface area contributed by atoms with E-state index in [9.17, 15) is 0 Å². The van der Waals surface area contributed by atoms with Gasteiger partial charge in [0, 0.05) is 11.5 Å². The van der Waals surface area contributed by atoms with Gasteiger partial charge in [-0.2, -0.15) is 0 Å². The zero-order valence-corrected chi connectivity index (χ0v) is 12.5. The van der Waals surface area contributed by atoms with E-state index in [1.807, 2.05) is 6.07 Å². The minimum atomic E-state index is 0.141. The van der Waals surface area contributed by atoms with Crippen LogP contribution in [0.25, 0.3) is 0 Å². The number of methoxy groups -OCH3 is 1. The van der Waals surface area contributed by atoms with E-state index in [1.165, 1.54) is 5.56 Å². The van der Waals surface area contributed by atoms with Crippen molar-refractivity contribution in [1.29, 1.82) is 0 Å². The molecule has 0 spiro atoms. The fourth-order valence-corrected chi connectivity index (χ4v) is 2.84. The molecule has 1 aromatic rings. The van der Waals surface area contributed by atoms with Gasteiger partial charge in [0.15, 0.2) is 0 Å². The first-order valence-corrected chi connectivity index (χ1v) is 7.04. The number of nitrogens with two attached hydrogens (primary N) is 1. The number of hydrogen-bond acceptors (Lipinski definition) is 3. The van der Waals surface area contributed by atoms with E-state index in [2.05, 4.69) is 35.0 Å². The minimum absolute atomic E-state index is 0.141. The second kappa shape index (κ2) is 5.59. The molecule has 1 heterocycles. The summed E-state index contributed by atoms with van der Waals surface area (Å²) >= 11 is 3.54. The Bertz CT molecular complexity index is 416. The number of halogens is 1. The molecule has 0 bridgehead atoms. The van der Waals surface area contributed by atoms with Crippen LogP contribution in [0.4, 0.5) is 0 Å². The summed E-state index contributed by atoms with van der Waals surface area (Å²) in [5.74, 6) is 0.862. The smallest absolute Gasteiger partial charge is 0.133 e. The van der Waals surface area contributed by atoms with Crippen LogP contribution < -0.4 is 10.5 Å². The third-order valence-corrected chi connectivity index (χ3v) is 4.22. The molecule has 1 fully saturated rings. The second-order valence-corrected chi connectivity index (χ2v) is 5.99. The normalized spacial score (nSPS) is 19.1. The maximum Gasteiger partial charge on any atom is 0.133 e. The van der Waals surface area contributed by atoms with Crippen LogP contribution in [-0.2, 0) is 10.2 Å². The maximum atomic E-state index is 5.86. The van der Waals surface area contributed by atoms with Gasteiger partial charge in [0.05, 0.1) is 24.8 Å². The van der Waals surface area contributed by atoms with Crippen molar-refractivity contribution in [1.82, 2.24) is 0 Å². The summed E-state index contributed by atoms with van der Waals surface area (Å²) in [5, 5.41) is 0. The maximum absolute atomic E-state index is 5.86. The van der Waals surface area contributed by atoms with Crippen LogP contribution in [0.3, 0.4) is 0 Å². The lowest BCUT2D eigenvalue weighted by molar-refractivity contribution is -0.0657. The van der Waals surface area contributed by atoms with Crippen molar-refractivity contribution in [3.05, 3.63) is 28.2 Å². The SMILES string of the molecule is COc1ccc(C2(CCC(C)N)COC2)cc1Br. The molecule has 1 aliphatic heterocycles. The molecule has 18 heavy (non-hydrogen) atoms. The van der Waals surface area contributed by atoms with Crippen LogP contribution >= 0.6 is 15.9 Å². The molecule has 4 heteroatoms. The molecule has 3 nitrogen and oxygen atoms in total. The molecule has 1 unspecified atom stereocenters. The quantitative estimate of drug-likeness (QED) is 0.909. The summed E-state index contributed by atoms with van der Waals surface area (Å²) in [6.07, 6.45) is 2.09. The van der Waals surface area contributed by atoms with Gasteiger partial charge in [-0.3, -0.25) is 0 Å². The van der Waals surface area contributed by atoms with Crippen LogP contribution in [0, 0.1) is 0 Å². The lowest BCUT2D eigenvalue weighted by Gasteiger charge is -2.42. The average Bonchev–Trinajstić information content (AvgIpc) is 2.27. The van der Waals surface area contributed by atoms with Crippen molar-refractivity contribution < 1.29 is 9.47 Å². The first-order valence-electron chi connectivity index (χ1n) is 6.25. The lowest BCUT2D eigenvalue weighted by Crippen LogP contribution is -2.47. The second-order valence-electron chi connectivity index (χ2n) is 5.14. The zero-order valence-electron chi connectivity index (χ0n) is 10.9. The third-order valence-electron chi connectivity index (χ3n) is 3.60. The van der Waals surface area contributed by atoms with Crippen LogP contribution in [0.5, 0.6) is 5.75 Å². The van der Waals surface area contributed by atoms with E-state index in [0.29, 0.717) is 0 Å². The average molecular weight is 314 g/mol. The van der Waals surface area contributed by atoms with Crippen molar-refractivity contribution in [2.45, 2.75) is 31.2 Å². The summed E-state index contributed by atoms with van der Waals surface area (Å²) < 4.78 is 11.7. The highest BCUT2D eigenvalue weighted by Gasteiger charge is 2.40. The van der Waals surface area contributed by atoms with Crippen molar-refractivity contribution in [3.8, 4) is 5.75 Å². The Morgan fingerprint density at radius 3 is 2.67 bits per heavy atom. The van der Waals surface area contributed by atoms with Crippen molar-refractivity contribution in [2.75, 3.05) is 20.3 Å². The largest absolute Gasteiger partial charge is 0.496 e. The lowest BCUT2D eigenvalue weighted by atomic mass is 9.74. The van der Waals surface area contributed by atoms with E-state index >= 15 is 0 Å².